The summed E-state index contributed by atoms with van der Waals surface area (Å²) >= 11 is 7.66. The Hall–Kier alpha value is -0.0962. The van der Waals surface area contributed by atoms with E-state index >= 15 is 0 Å². The summed E-state index contributed by atoms with van der Waals surface area (Å²) in [5.41, 5.74) is 0. The first-order valence-corrected chi connectivity index (χ1v) is 14.8. The molecule has 0 aliphatic carbocycles. The predicted molar refractivity (Wildman–Crippen MR) is 119 cm³/mol. The van der Waals surface area contributed by atoms with Gasteiger partial charge in [0.15, 0.2) is 0 Å². The van der Waals surface area contributed by atoms with Crippen LogP contribution in [0.4, 0.5) is 0 Å². The van der Waals surface area contributed by atoms with Crippen LogP contribution in [-0.4, -0.2) is 26.6 Å². The summed E-state index contributed by atoms with van der Waals surface area (Å²) in [7, 11) is -4.21. The summed E-state index contributed by atoms with van der Waals surface area (Å²) in [6.07, 6.45) is 1.24. The molecule has 0 spiro atoms. The van der Waals surface area contributed by atoms with Crippen molar-refractivity contribution >= 4 is 32.0 Å². The van der Waals surface area contributed by atoms with E-state index in [-0.39, 0.29) is 15.1 Å². The maximum atomic E-state index is 7.66. The highest BCUT2D eigenvalue weighted by Gasteiger charge is 2.68. The minimum Gasteiger partial charge on any atom is -0.328 e. The predicted octanol–water partition coefficient (Wildman–Crippen LogP) is 6.63. The maximum Gasteiger partial charge on any atom is 0.254 e. The number of hydrogen-bond donors (Lipinski definition) is 0. The van der Waals surface area contributed by atoms with Gasteiger partial charge in [0.05, 0.1) is 0 Å². The fourth-order valence-corrected chi connectivity index (χ4v) is 27.2. The van der Waals surface area contributed by atoms with Crippen molar-refractivity contribution in [2.24, 2.45) is 0 Å². The van der Waals surface area contributed by atoms with E-state index in [0.717, 1.165) is 0 Å². The summed E-state index contributed by atoms with van der Waals surface area (Å²) in [5, 5.41) is 2.14. The van der Waals surface area contributed by atoms with Gasteiger partial charge in [-0.2, -0.15) is 0 Å². The van der Waals surface area contributed by atoms with E-state index in [1.54, 1.807) is 0 Å². The van der Waals surface area contributed by atoms with Crippen molar-refractivity contribution in [3.63, 3.8) is 0 Å². The first kappa shape index (κ1) is 21.2. The van der Waals surface area contributed by atoms with Crippen LogP contribution in [0.3, 0.4) is 0 Å². The molecule has 1 aliphatic heterocycles. The molecule has 25 heavy (non-hydrogen) atoms. The normalized spacial score (nSPS) is 23.9. The topological polar surface area (TPSA) is 3.24 Å². The van der Waals surface area contributed by atoms with Gasteiger partial charge in [0.2, 0.25) is 0 Å². The van der Waals surface area contributed by atoms with Crippen molar-refractivity contribution in [2.45, 2.75) is 89.9 Å². The first-order chi connectivity index (χ1) is 11.2. The molecule has 1 heterocycles. The van der Waals surface area contributed by atoms with Gasteiger partial charge in [0.1, 0.15) is 8.24 Å². The fraction of sp³-hybridized carbons (Fsp3) is 0.714. The largest absolute Gasteiger partial charge is 0.328 e. The summed E-state index contributed by atoms with van der Waals surface area (Å²) in [6, 6.07) is 12.2. The van der Waals surface area contributed by atoms with Gasteiger partial charge >= 0.3 is 0 Å². The molecule has 0 bridgehead atoms. The molecule has 1 atom stereocenters. The summed E-state index contributed by atoms with van der Waals surface area (Å²) in [4.78, 5) is 0. The summed E-state index contributed by atoms with van der Waals surface area (Å²) in [5.74, 6) is 0. The lowest BCUT2D eigenvalue weighted by atomic mass is 10.2. The molecule has 0 aromatic heterocycles. The minimum atomic E-state index is -2.19. The van der Waals surface area contributed by atoms with Crippen LogP contribution < -0.4 is 5.19 Å². The quantitative estimate of drug-likeness (QED) is 0.401. The molecule has 1 fully saturated rings. The van der Waals surface area contributed by atoms with Crippen LogP contribution in [0.1, 0.15) is 68.7 Å². The maximum absolute atomic E-state index is 7.66. The van der Waals surface area contributed by atoms with Gasteiger partial charge in [-0.15, -0.1) is 11.1 Å². The summed E-state index contributed by atoms with van der Waals surface area (Å²) in [6.45, 7) is 23.5. The Bertz CT molecular complexity index is 559. The summed E-state index contributed by atoms with van der Waals surface area (Å²) < 4.78 is 2.94. The third-order valence-corrected chi connectivity index (χ3v) is 21.5. The number of nitrogens with zero attached hydrogens (tertiary/aromatic N) is 1. The molecule has 0 N–H and O–H groups in total. The van der Waals surface area contributed by atoms with Crippen molar-refractivity contribution in [1.29, 1.82) is 0 Å². The number of rotatable bonds is 2. The monoisotopic (exact) mass is 395 g/mol. The highest BCUT2D eigenvalue weighted by atomic mass is 35.6. The zero-order valence-corrected chi connectivity index (χ0v) is 20.6. The molecule has 1 aromatic carbocycles. The van der Waals surface area contributed by atoms with E-state index in [1.165, 1.54) is 24.2 Å². The van der Waals surface area contributed by atoms with Crippen LogP contribution in [0.15, 0.2) is 30.3 Å². The molecule has 4 heteroatoms. The molecule has 0 saturated carbocycles. The van der Waals surface area contributed by atoms with Gasteiger partial charge in [-0.05, 0) is 39.3 Å². The van der Waals surface area contributed by atoms with Crippen LogP contribution in [0.25, 0.3) is 0 Å². The van der Waals surface area contributed by atoms with Crippen molar-refractivity contribution in [3.8, 4) is 0 Å². The lowest BCUT2D eigenvalue weighted by molar-refractivity contribution is 0.442. The Morgan fingerprint density at radius 1 is 0.840 bits per heavy atom. The lowest BCUT2D eigenvalue weighted by Crippen LogP contribution is -2.76. The molecule has 142 valence electrons. The van der Waals surface area contributed by atoms with Gasteiger partial charge in [0, 0.05) is 0 Å². The van der Waals surface area contributed by atoms with Crippen molar-refractivity contribution in [1.82, 2.24) is 4.23 Å². The van der Waals surface area contributed by atoms with Gasteiger partial charge in [-0.25, -0.2) is 0 Å². The Balaban J connectivity index is 2.78. The lowest BCUT2D eigenvalue weighted by Gasteiger charge is -2.65. The van der Waals surface area contributed by atoms with Crippen molar-refractivity contribution < 1.29 is 0 Å². The van der Waals surface area contributed by atoms with Crippen molar-refractivity contribution in [3.05, 3.63) is 30.3 Å². The number of benzene rings is 1. The average molecular weight is 396 g/mol. The minimum absolute atomic E-state index is 0.246. The van der Waals surface area contributed by atoms with E-state index < -0.39 is 15.8 Å². The average Bonchev–Trinajstić information content (AvgIpc) is 2.79. The van der Waals surface area contributed by atoms with Crippen LogP contribution in [0.5, 0.6) is 0 Å². The Kier molecular flexibility index (Phi) is 5.52. The van der Waals surface area contributed by atoms with E-state index in [1.807, 2.05) is 0 Å². The molecular formula is C21H38ClNSi2. The second-order valence-electron chi connectivity index (χ2n) is 10.8. The third-order valence-electron chi connectivity index (χ3n) is 6.19. The van der Waals surface area contributed by atoms with Gasteiger partial charge < -0.3 is 4.23 Å². The Labute approximate surface area is 163 Å². The number of halogens is 1. The van der Waals surface area contributed by atoms with Crippen LogP contribution in [-0.2, 0) is 0 Å². The van der Waals surface area contributed by atoms with E-state index in [9.17, 15) is 0 Å². The highest BCUT2D eigenvalue weighted by Crippen LogP contribution is 2.65. The fourth-order valence-electron chi connectivity index (χ4n) is 6.80. The molecule has 1 aromatic rings. The highest BCUT2D eigenvalue weighted by molar-refractivity contribution is 7.29. The van der Waals surface area contributed by atoms with Crippen molar-refractivity contribution in [2.75, 3.05) is 6.54 Å². The molecule has 2 rings (SSSR count). The van der Waals surface area contributed by atoms with Crippen LogP contribution in [0, 0.1) is 0 Å². The Morgan fingerprint density at radius 3 is 1.68 bits per heavy atom. The van der Waals surface area contributed by atoms with Gasteiger partial charge in [-0.1, -0.05) is 92.6 Å². The van der Waals surface area contributed by atoms with Crippen LogP contribution in [0.2, 0.25) is 21.2 Å². The smallest absolute Gasteiger partial charge is 0.254 e. The van der Waals surface area contributed by atoms with E-state index in [2.05, 4.69) is 96.9 Å². The molecule has 1 unspecified atom stereocenters. The second-order valence-corrected chi connectivity index (χ2v) is 22.8. The Morgan fingerprint density at radius 2 is 1.28 bits per heavy atom. The van der Waals surface area contributed by atoms with Gasteiger partial charge in [-0.3, -0.25) is 0 Å². The molecule has 1 aliphatic rings. The van der Waals surface area contributed by atoms with E-state index in [0.29, 0.717) is 0 Å². The van der Waals surface area contributed by atoms with E-state index in [4.69, 9.17) is 11.1 Å². The SMILES string of the molecule is CC(C)(C)[Si](N1CCC[Si]1(Cl)c1ccccc1)(C(C)(C)C)C(C)(C)C. The zero-order chi connectivity index (χ0) is 19.3. The standard InChI is InChI=1S/C21H38ClNSi2/c1-19(2,3)25(20(4,5)6,21(7,8)9)23-16-13-17-24(23,22)18-14-11-10-12-15-18/h10-12,14-15H,13,16-17H2,1-9H3. The molecular weight excluding hydrogens is 358 g/mol. The first-order valence-electron chi connectivity index (χ1n) is 9.72. The molecule has 0 radical (unpaired) electrons. The molecule has 0 amide bonds. The molecule has 1 saturated heterocycles. The second kappa shape index (κ2) is 6.51. The molecule has 1 nitrogen and oxygen atoms in total. The van der Waals surface area contributed by atoms with Crippen LogP contribution >= 0.6 is 11.1 Å². The third kappa shape index (κ3) is 3.20. The number of hydrogen-bond acceptors (Lipinski definition) is 1. The van der Waals surface area contributed by atoms with Gasteiger partial charge in [0.25, 0.3) is 7.55 Å². The zero-order valence-electron chi connectivity index (χ0n) is 17.8.